The maximum Gasteiger partial charge on any atom is 0.324 e. The molecule has 0 aliphatic carbocycles. The Kier molecular flexibility index (Phi) is 10.8. The number of likely N-dealkylation sites (N-methyl/N-ethyl adjacent to an activating group) is 1. The van der Waals surface area contributed by atoms with Gasteiger partial charge in [-0.25, -0.2) is 0 Å². The van der Waals surface area contributed by atoms with E-state index in [0.717, 1.165) is 19.5 Å². The minimum absolute atomic E-state index is 0.171. The number of methoxy groups -OCH3 is 1. The molecule has 114 valence electrons. The summed E-state index contributed by atoms with van der Waals surface area (Å²) in [6.45, 7) is 11.5. The third-order valence-electron chi connectivity index (χ3n) is 3.24. The number of carbonyl (C=O) groups is 1. The van der Waals surface area contributed by atoms with Gasteiger partial charge in [-0.05, 0) is 26.8 Å². The largest absolute Gasteiger partial charge is 0.465 e. The molecule has 5 nitrogen and oxygen atoms in total. The zero-order chi connectivity index (χ0) is 14.7. The van der Waals surface area contributed by atoms with Crippen molar-refractivity contribution in [3.05, 3.63) is 0 Å². The molecular formula is C14H30N2O3. The highest BCUT2D eigenvalue weighted by Crippen LogP contribution is 2.05. The minimum atomic E-state index is -0.268. The summed E-state index contributed by atoms with van der Waals surface area (Å²) in [7, 11) is 1.70. The molecule has 19 heavy (non-hydrogen) atoms. The molecular weight excluding hydrogens is 244 g/mol. The molecule has 2 unspecified atom stereocenters. The molecule has 0 fully saturated rings. The zero-order valence-corrected chi connectivity index (χ0v) is 13.1. The van der Waals surface area contributed by atoms with Gasteiger partial charge in [-0.3, -0.25) is 9.69 Å². The second-order valence-electron chi connectivity index (χ2n) is 4.61. The molecule has 0 spiro atoms. The number of carbonyl (C=O) groups excluding carboxylic acids is 1. The predicted molar refractivity (Wildman–Crippen MR) is 77.3 cm³/mol. The predicted octanol–water partition coefficient (Wildman–Crippen LogP) is 1.27. The quantitative estimate of drug-likeness (QED) is 0.575. The lowest BCUT2D eigenvalue weighted by Crippen LogP contribution is -2.50. The Bertz CT molecular complexity index is 237. The van der Waals surface area contributed by atoms with Crippen LogP contribution in [0.2, 0.25) is 0 Å². The van der Waals surface area contributed by atoms with E-state index in [4.69, 9.17) is 9.47 Å². The molecule has 0 heterocycles. The molecule has 0 aliphatic heterocycles. The molecule has 0 amide bonds. The summed E-state index contributed by atoms with van der Waals surface area (Å²) in [6.07, 6.45) is 1.05. The Morgan fingerprint density at radius 3 is 2.47 bits per heavy atom. The second-order valence-corrected chi connectivity index (χ2v) is 4.61. The van der Waals surface area contributed by atoms with Crippen molar-refractivity contribution in [3.8, 4) is 0 Å². The Morgan fingerprint density at radius 2 is 2.00 bits per heavy atom. The standard InChI is InChI=1S/C14H30N2O3/c1-6-12(4)16(9-10-18-5)11-13(15-7-2)14(17)19-8-3/h12-13,15H,6-11H2,1-5H3. The van der Waals surface area contributed by atoms with Crippen molar-refractivity contribution in [2.24, 2.45) is 0 Å². The smallest absolute Gasteiger partial charge is 0.324 e. The summed E-state index contributed by atoms with van der Waals surface area (Å²) in [6, 6.07) is 0.154. The highest BCUT2D eigenvalue weighted by molar-refractivity contribution is 5.76. The van der Waals surface area contributed by atoms with E-state index in [1.807, 2.05) is 13.8 Å². The van der Waals surface area contributed by atoms with Crippen molar-refractivity contribution in [1.82, 2.24) is 10.2 Å². The monoisotopic (exact) mass is 274 g/mol. The first-order valence-electron chi connectivity index (χ1n) is 7.23. The highest BCUT2D eigenvalue weighted by Gasteiger charge is 2.23. The highest BCUT2D eigenvalue weighted by atomic mass is 16.5. The molecule has 0 aliphatic rings. The summed E-state index contributed by atoms with van der Waals surface area (Å²) in [5.41, 5.74) is 0. The van der Waals surface area contributed by atoms with E-state index < -0.39 is 0 Å². The van der Waals surface area contributed by atoms with Crippen LogP contribution in [0.25, 0.3) is 0 Å². The lowest BCUT2D eigenvalue weighted by molar-refractivity contribution is -0.146. The number of hydrogen-bond acceptors (Lipinski definition) is 5. The molecule has 0 radical (unpaired) electrons. The lowest BCUT2D eigenvalue weighted by Gasteiger charge is -2.31. The first kappa shape index (κ1) is 18.4. The van der Waals surface area contributed by atoms with Crippen LogP contribution >= 0.6 is 0 Å². The van der Waals surface area contributed by atoms with Gasteiger partial charge in [-0.1, -0.05) is 13.8 Å². The van der Waals surface area contributed by atoms with Gasteiger partial charge in [-0.15, -0.1) is 0 Å². The summed E-state index contributed by atoms with van der Waals surface area (Å²) >= 11 is 0. The number of hydrogen-bond donors (Lipinski definition) is 1. The van der Waals surface area contributed by atoms with Crippen LogP contribution in [-0.2, 0) is 14.3 Å². The Hall–Kier alpha value is -0.650. The van der Waals surface area contributed by atoms with E-state index in [1.54, 1.807) is 7.11 Å². The molecule has 0 rings (SSSR count). The van der Waals surface area contributed by atoms with E-state index in [1.165, 1.54) is 0 Å². The van der Waals surface area contributed by atoms with Gasteiger partial charge in [0.15, 0.2) is 0 Å². The molecule has 1 N–H and O–H groups in total. The van der Waals surface area contributed by atoms with Gasteiger partial charge in [0.25, 0.3) is 0 Å². The van der Waals surface area contributed by atoms with Gasteiger partial charge in [0, 0.05) is 26.2 Å². The van der Waals surface area contributed by atoms with Crippen molar-refractivity contribution >= 4 is 5.97 Å². The van der Waals surface area contributed by atoms with Crippen LogP contribution in [0.4, 0.5) is 0 Å². The lowest BCUT2D eigenvalue weighted by atomic mass is 10.1. The maximum atomic E-state index is 11.9. The SMILES string of the molecule is CCNC(CN(CCOC)C(C)CC)C(=O)OCC. The van der Waals surface area contributed by atoms with E-state index in [0.29, 0.717) is 25.8 Å². The Labute approximate surface area is 117 Å². The van der Waals surface area contributed by atoms with Crippen LogP contribution in [0.15, 0.2) is 0 Å². The van der Waals surface area contributed by atoms with Crippen LogP contribution in [-0.4, -0.2) is 62.9 Å². The van der Waals surface area contributed by atoms with Gasteiger partial charge in [0.2, 0.25) is 0 Å². The average molecular weight is 274 g/mol. The van der Waals surface area contributed by atoms with Crippen molar-refractivity contribution < 1.29 is 14.3 Å². The van der Waals surface area contributed by atoms with Gasteiger partial charge >= 0.3 is 5.97 Å². The summed E-state index contributed by atoms with van der Waals surface area (Å²) < 4.78 is 10.3. The van der Waals surface area contributed by atoms with E-state index >= 15 is 0 Å². The van der Waals surface area contributed by atoms with Crippen molar-refractivity contribution in [2.45, 2.75) is 46.2 Å². The first-order chi connectivity index (χ1) is 9.10. The topological polar surface area (TPSA) is 50.8 Å². The number of nitrogens with one attached hydrogen (secondary N) is 1. The van der Waals surface area contributed by atoms with Crippen molar-refractivity contribution in [3.63, 3.8) is 0 Å². The summed E-state index contributed by atoms with van der Waals surface area (Å²) in [4.78, 5) is 14.2. The number of nitrogens with zero attached hydrogens (tertiary/aromatic N) is 1. The van der Waals surface area contributed by atoms with Crippen LogP contribution < -0.4 is 5.32 Å². The van der Waals surface area contributed by atoms with E-state index in [2.05, 4.69) is 24.1 Å². The normalized spacial score (nSPS) is 14.4. The van der Waals surface area contributed by atoms with Gasteiger partial charge in [0.1, 0.15) is 6.04 Å². The third-order valence-corrected chi connectivity index (χ3v) is 3.24. The number of ether oxygens (including phenoxy) is 2. The molecule has 0 aromatic carbocycles. The van der Waals surface area contributed by atoms with Crippen LogP contribution in [0.1, 0.15) is 34.1 Å². The van der Waals surface area contributed by atoms with Gasteiger partial charge in [0.05, 0.1) is 13.2 Å². The van der Waals surface area contributed by atoms with Crippen LogP contribution in [0, 0.1) is 0 Å². The fourth-order valence-corrected chi connectivity index (χ4v) is 1.90. The van der Waals surface area contributed by atoms with Gasteiger partial charge in [-0.2, -0.15) is 0 Å². The van der Waals surface area contributed by atoms with Crippen LogP contribution in [0.3, 0.4) is 0 Å². The minimum Gasteiger partial charge on any atom is -0.465 e. The third kappa shape index (κ3) is 7.50. The average Bonchev–Trinajstić information content (AvgIpc) is 2.41. The molecule has 0 aromatic heterocycles. The number of esters is 1. The van der Waals surface area contributed by atoms with Crippen molar-refractivity contribution in [1.29, 1.82) is 0 Å². The second kappa shape index (κ2) is 11.2. The molecule has 0 aromatic rings. The van der Waals surface area contributed by atoms with E-state index in [-0.39, 0.29) is 12.0 Å². The maximum absolute atomic E-state index is 11.9. The number of rotatable bonds is 11. The summed E-state index contributed by atoms with van der Waals surface area (Å²) in [5, 5.41) is 3.20. The fraction of sp³-hybridized carbons (Fsp3) is 0.929. The van der Waals surface area contributed by atoms with E-state index in [9.17, 15) is 4.79 Å². The van der Waals surface area contributed by atoms with Gasteiger partial charge < -0.3 is 14.8 Å². The zero-order valence-electron chi connectivity index (χ0n) is 13.1. The molecule has 0 saturated carbocycles. The van der Waals surface area contributed by atoms with Crippen LogP contribution in [0.5, 0.6) is 0 Å². The summed E-state index contributed by atoms with van der Waals surface area (Å²) in [5.74, 6) is -0.171. The molecule has 0 bridgehead atoms. The molecule has 2 atom stereocenters. The Morgan fingerprint density at radius 1 is 1.32 bits per heavy atom. The fourth-order valence-electron chi connectivity index (χ4n) is 1.90. The first-order valence-corrected chi connectivity index (χ1v) is 7.23. The molecule has 0 saturated heterocycles. The van der Waals surface area contributed by atoms with Crippen molar-refractivity contribution in [2.75, 3.05) is 40.0 Å². The molecule has 5 heteroatoms. The Balaban J connectivity index is 4.57.